The standard InChI is InChI=1S/C16H24N2O/c1-13(2)8-11-17-15(19)18-12-16(9-10-16)14-6-4-3-5-7-14/h3-7,13H,8-12H2,1-2H3,(H2,17,18,19). The number of nitrogens with one attached hydrogen (secondary N) is 2. The second-order valence-electron chi connectivity index (χ2n) is 5.94. The molecule has 0 saturated heterocycles. The molecule has 0 radical (unpaired) electrons. The van der Waals surface area contributed by atoms with Gasteiger partial charge in [0.25, 0.3) is 0 Å². The Labute approximate surface area is 115 Å². The molecule has 0 unspecified atom stereocenters. The highest BCUT2D eigenvalue weighted by Crippen LogP contribution is 2.47. The van der Waals surface area contributed by atoms with Crippen molar-refractivity contribution in [1.29, 1.82) is 0 Å². The quantitative estimate of drug-likeness (QED) is 0.811. The molecule has 2 rings (SSSR count). The summed E-state index contributed by atoms with van der Waals surface area (Å²) in [5, 5.41) is 5.92. The molecule has 19 heavy (non-hydrogen) atoms. The summed E-state index contributed by atoms with van der Waals surface area (Å²) in [6.07, 6.45) is 3.36. The van der Waals surface area contributed by atoms with Gasteiger partial charge in [-0.05, 0) is 30.7 Å². The third kappa shape index (κ3) is 3.98. The van der Waals surface area contributed by atoms with Gasteiger partial charge in [-0.2, -0.15) is 0 Å². The summed E-state index contributed by atoms with van der Waals surface area (Å²) in [7, 11) is 0. The second kappa shape index (κ2) is 6.09. The van der Waals surface area contributed by atoms with Crippen molar-refractivity contribution in [3.8, 4) is 0 Å². The van der Waals surface area contributed by atoms with Gasteiger partial charge in [-0.25, -0.2) is 4.79 Å². The van der Waals surface area contributed by atoms with Crippen LogP contribution in [-0.4, -0.2) is 19.1 Å². The van der Waals surface area contributed by atoms with Crippen molar-refractivity contribution >= 4 is 6.03 Å². The van der Waals surface area contributed by atoms with Gasteiger partial charge < -0.3 is 10.6 Å². The van der Waals surface area contributed by atoms with E-state index < -0.39 is 0 Å². The molecule has 1 fully saturated rings. The number of urea groups is 1. The minimum atomic E-state index is -0.0390. The lowest BCUT2D eigenvalue weighted by Gasteiger charge is -2.17. The van der Waals surface area contributed by atoms with E-state index in [-0.39, 0.29) is 11.4 Å². The van der Waals surface area contributed by atoms with Crippen LogP contribution in [0.4, 0.5) is 4.79 Å². The third-order valence-electron chi connectivity index (χ3n) is 3.83. The first-order valence-corrected chi connectivity index (χ1v) is 7.20. The number of benzene rings is 1. The van der Waals surface area contributed by atoms with Crippen LogP contribution < -0.4 is 10.6 Å². The van der Waals surface area contributed by atoms with E-state index in [4.69, 9.17) is 0 Å². The average molecular weight is 260 g/mol. The average Bonchev–Trinajstić information content (AvgIpc) is 3.18. The maximum absolute atomic E-state index is 11.7. The Morgan fingerprint density at radius 3 is 2.47 bits per heavy atom. The summed E-state index contributed by atoms with van der Waals surface area (Å²) in [4.78, 5) is 11.7. The number of carbonyl (C=O) groups is 1. The first-order valence-electron chi connectivity index (χ1n) is 7.20. The van der Waals surface area contributed by atoms with Crippen LogP contribution in [0.15, 0.2) is 30.3 Å². The minimum Gasteiger partial charge on any atom is -0.338 e. The summed E-state index contributed by atoms with van der Waals surface area (Å²) >= 11 is 0. The molecule has 104 valence electrons. The predicted octanol–water partition coefficient (Wildman–Crippen LogP) is 3.06. The Balaban J connectivity index is 1.75. The minimum absolute atomic E-state index is 0.0390. The Hall–Kier alpha value is -1.51. The summed E-state index contributed by atoms with van der Waals surface area (Å²) in [5.74, 6) is 0.624. The number of hydrogen-bond acceptors (Lipinski definition) is 1. The highest BCUT2D eigenvalue weighted by atomic mass is 16.2. The van der Waals surface area contributed by atoms with E-state index in [1.807, 2.05) is 6.07 Å². The van der Waals surface area contributed by atoms with E-state index in [0.29, 0.717) is 5.92 Å². The Morgan fingerprint density at radius 1 is 1.21 bits per heavy atom. The molecule has 2 N–H and O–H groups in total. The zero-order valence-corrected chi connectivity index (χ0v) is 11.9. The Kier molecular flexibility index (Phi) is 4.46. The first-order chi connectivity index (χ1) is 9.12. The van der Waals surface area contributed by atoms with Gasteiger partial charge >= 0.3 is 6.03 Å². The van der Waals surface area contributed by atoms with Crippen molar-refractivity contribution in [3.63, 3.8) is 0 Å². The molecule has 0 heterocycles. The van der Waals surface area contributed by atoms with Crippen LogP contribution in [0.25, 0.3) is 0 Å². The molecule has 1 aliphatic rings. The molecule has 0 aromatic heterocycles. The highest BCUT2D eigenvalue weighted by molar-refractivity contribution is 5.74. The van der Waals surface area contributed by atoms with E-state index in [1.165, 1.54) is 18.4 Å². The molecule has 0 aliphatic heterocycles. The largest absolute Gasteiger partial charge is 0.338 e. The molecule has 0 atom stereocenters. The van der Waals surface area contributed by atoms with Gasteiger partial charge in [0.1, 0.15) is 0 Å². The summed E-state index contributed by atoms with van der Waals surface area (Å²) < 4.78 is 0. The van der Waals surface area contributed by atoms with Crippen LogP contribution in [0.1, 0.15) is 38.7 Å². The molecule has 0 bridgehead atoms. The van der Waals surface area contributed by atoms with Crippen molar-refractivity contribution in [2.24, 2.45) is 5.92 Å². The summed E-state index contributed by atoms with van der Waals surface area (Å²) in [6.45, 7) is 5.81. The van der Waals surface area contributed by atoms with Gasteiger partial charge in [-0.15, -0.1) is 0 Å². The van der Waals surface area contributed by atoms with Crippen LogP contribution in [0.2, 0.25) is 0 Å². The predicted molar refractivity (Wildman–Crippen MR) is 78.2 cm³/mol. The molecule has 0 spiro atoms. The number of hydrogen-bond donors (Lipinski definition) is 2. The maximum Gasteiger partial charge on any atom is 0.314 e. The number of amides is 2. The summed E-state index contributed by atoms with van der Waals surface area (Å²) in [6, 6.07) is 10.4. The molecule has 3 nitrogen and oxygen atoms in total. The fourth-order valence-corrected chi connectivity index (χ4v) is 2.30. The third-order valence-corrected chi connectivity index (χ3v) is 3.83. The van der Waals surface area contributed by atoms with E-state index in [9.17, 15) is 4.79 Å². The smallest absolute Gasteiger partial charge is 0.314 e. The first kappa shape index (κ1) is 13.9. The van der Waals surface area contributed by atoms with Crippen LogP contribution in [0, 0.1) is 5.92 Å². The van der Waals surface area contributed by atoms with Crippen LogP contribution in [0.5, 0.6) is 0 Å². The van der Waals surface area contributed by atoms with E-state index in [2.05, 4.69) is 48.7 Å². The van der Waals surface area contributed by atoms with Crippen molar-refractivity contribution < 1.29 is 4.79 Å². The lowest BCUT2D eigenvalue weighted by Crippen LogP contribution is -2.40. The van der Waals surface area contributed by atoms with E-state index >= 15 is 0 Å². The molecule has 1 aliphatic carbocycles. The highest BCUT2D eigenvalue weighted by Gasteiger charge is 2.44. The van der Waals surface area contributed by atoms with Crippen molar-refractivity contribution in [3.05, 3.63) is 35.9 Å². The monoisotopic (exact) mass is 260 g/mol. The fraction of sp³-hybridized carbons (Fsp3) is 0.562. The van der Waals surface area contributed by atoms with Crippen molar-refractivity contribution in [2.45, 2.75) is 38.5 Å². The topological polar surface area (TPSA) is 41.1 Å². The molecule has 1 saturated carbocycles. The van der Waals surface area contributed by atoms with E-state index in [1.54, 1.807) is 0 Å². The zero-order chi connectivity index (χ0) is 13.7. The maximum atomic E-state index is 11.7. The molecule has 1 aromatic carbocycles. The van der Waals surface area contributed by atoms with E-state index in [0.717, 1.165) is 19.5 Å². The SMILES string of the molecule is CC(C)CCNC(=O)NCC1(c2ccccc2)CC1. The zero-order valence-electron chi connectivity index (χ0n) is 11.9. The molecular formula is C16H24N2O. The van der Waals surface area contributed by atoms with Gasteiger partial charge in [-0.1, -0.05) is 44.2 Å². The van der Waals surface area contributed by atoms with Crippen molar-refractivity contribution in [2.75, 3.05) is 13.1 Å². The van der Waals surface area contributed by atoms with Gasteiger partial charge in [0.05, 0.1) is 0 Å². The lowest BCUT2D eigenvalue weighted by molar-refractivity contribution is 0.239. The van der Waals surface area contributed by atoms with Crippen molar-refractivity contribution in [1.82, 2.24) is 10.6 Å². The summed E-state index contributed by atoms with van der Waals surface area (Å²) in [5.41, 5.74) is 1.54. The Bertz CT molecular complexity index is 410. The van der Waals surface area contributed by atoms with Crippen LogP contribution in [-0.2, 0) is 5.41 Å². The van der Waals surface area contributed by atoms with Gasteiger partial charge in [0.2, 0.25) is 0 Å². The molecule has 3 heteroatoms. The van der Waals surface area contributed by atoms with Gasteiger partial charge in [-0.3, -0.25) is 0 Å². The number of rotatable bonds is 6. The van der Waals surface area contributed by atoms with Gasteiger partial charge in [0, 0.05) is 18.5 Å². The van der Waals surface area contributed by atoms with Crippen LogP contribution in [0.3, 0.4) is 0 Å². The van der Waals surface area contributed by atoms with Crippen LogP contribution >= 0.6 is 0 Å². The second-order valence-corrected chi connectivity index (χ2v) is 5.94. The molecule has 1 aromatic rings. The fourth-order valence-electron chi connectivity index (χ4n) is 2.30. The normalized spacial score (nSPS) is 16.2. The Morgan fingerprint density at radius 2 is 1.89 bits per heavy atom. The molecule has 2 amide bonds. The molecular weight excluding hydrogens is 236 g/mol. The number of carbonyl (C=O) groups excluding carboxylic acids is 1. The van der Waals surface area contributed by atoms with Gasteiger partial charge in [0.15, 0.2) is 0 Å². The lowest BCUT2D eigenvalue weighted by atomic mass is 9.96.